The Morgan fingerprint density at radius 1 is 1.14 bits per heavy atom. The van der Waals surface area contributed by atoms with Crippen LogP contribution in [0.15, 0.2) is 18.2 Å². The maximum absolute atomic E-state index is 12.6. The first kappa shape index (κ1) is 21.1. The van der Waals surface area contributed by atoms with E-state index in [0.717, 1.165) is 36.6 Å². The Morgan fingerprint density at radius 3 is 2.34 bits per heavy atom. The van der Waals surface area contributed by atoms with Gasteiger partial charge in [-0.3, -0.25) is 14.5 Å². The van der Waals surface area contributed by atoms with E-state index in [0.29, 0.717) is 18.5 Å². The van der Waals surface area contributed by atoms with Crippen molar-refractivity contribution in [1.82, 2.24) is 15.1 Å². The van der Waals surface area contributed by atoms with Crippen molar-refractivity contribution in [3.05, 3.63) is 23.8 Å². The van der Waals surface area contributed by atoms with Crippen molar-refractivity contribution < 1.29 is 14.4 Å². The third kappa shape index (κ3) is 4.22. The molecular formula is C21H31N5O3. The molecule has 2 aliphatic rings. The van der Waals surface area contributed by atoms with E-state index in [1.165, 1.54) is 5.69 Å². The van der Waals surface area contributed by atoms with Gasteiger partial charge in [0, 0.05) is 37.6 Å². The third-order valence-electron chi connectivity index (χ3n) is 6.08. The van der Waals surface area contributed by atoms with E-state index in [2.05, 4.69) is 27.5 Å². The SMILES string of the molecule is CCC1(CC)NC(=O)N(CC(=O)Nc2ccc(N3CCN(C)CC3)c(C)c2)C1=O. The van der Waals surface area contributed by atoms with Gasteiger partial charge in [0.2, 0.25) is 5.91 Å². The van der Waals surface area contributed by atoms with E-state index in [1.807, 2.05) is 39.0 Å². The van der Waals surface area contributed by atoms with Crippen LogP contribution in [0, 0.1) is 6.92 Å². The molecule has 2 saturated heterocycles. The van der Waals surface area contributed by atoms with Crippen LogP contribution in [-0.4, -0.2) is 73.0 Å². The van der Waals surface area contributed by atoms with Crippen molar-refractivity contribution in [2.75, 3.05) is 50.0 Å². The van der Waals surface area contributed by atoms with Crippen molar-refractivity contribution in [3.8, 4) is 0 Å². The topological polar surface area (TPSA) is 85.0 Å². The summed E-state index contributed by atoms with van der Waals surface area (Å²) in [4.78, 5) is 43.0. The minimum atomic E-state index is -0.891. The summed E-state index contributed by atoms with van der Waals surface area (Å²) in [5.74, 6) is -0.715. The molecule has 0 spiro atoms. The zero-order valence-corrected chi connectivity index (χ0v) is 17.7. The monoisotopic (exact) mass is 401 g/mol. The fourth-order valence-electron chi connectivity index (χ4n) is 4.03. The van der Waals surface area contributed by atoms with Gasteiger partial charge >= 0.3 is 6.03 Å². The lowest BCUT2D eigenvalue weighted by Gasteiger charge is -2.35. The number of likely N-dealkylation sites (N-methyl/N-ethyl adjacent to an activating group) is 1. The first-order chi connectivity index (χ1) is 13.8. The van der Waals surface area contributed by atoms with E-state index in [-0.39, 0.29) is 18.4 Å². The van der Waals surface area contributed by atoms with Crippen molar-refractivity contribution in [2.24, 2.45) is 0 Å². The smallest absolute Gasteiger partial charge is 0.325 e. The highest BCUT2D eigenvalue weighted by Gasteiger charge is 2.49. The number of nitrogens with one attached hydrogen (secondary N) is 2. The normalized spacial score (nSPS) is 19.4. The van der Waals surface area contributed by atoms with Crippen LogP contribution < -0.4 is 15.5 Å². The molecule has 3 rings (SSSR count). The summed E-state index contributed by atoms with van der Waals surface area (Å²) in [6.07, 6.45) is 0.998. The number of amides is 4. The molecule has 4 amide bonds. The lowest BCUT2D eigenvalue weighted by Crippen LogP contribution is -2.46. The molecule has 0 saturated carbocycles. The van der Waals surface area contributed by atoms with Crippen LogP contribution in [0.5, 0.6) is 0 Å². The summed E-state index contributed by atoms with van der Waals surface area (Å²) in [7, 11) is 2.12. The summed E-state index contributed by atoms with van der Waals surface area (Å²) >= 11 is 0. The van der Waals surface area contributed by atoms with Gasteiger partial charge in [-0.05, 0) is 50.6 Å². The lowest BCUT2D eigenvalue weighted by molar-refractivity contribution is -0.134. The van der Waals surface area contributed by atoms with E-state index < -0.39 is 11.6 Å². The van der Waals surface area contributed by atoms with Gasteiger partial charge in [0.25, 0.3) is 5.91 Å². The second-order valence-corrected chi connectivity index (χ2v) is 7.95. The Hall–Kier alpha value is -2.61. The standard InChI is InChI=1S/C21H31N5O3/c1-5-21(6-2)19(28)26(20(29)23-21)14-18(27)22-16-7-8-17(15(3)13-16)25-11-9-24(4)10-12-25/h7-8,13H,5-6,9-12,14H2,1-4H3,(H,22,27)(H,23,29). The van der Waals surface area contributed by atoms with Gasteiger partial charge in [0.05, 0.1) is 0 Å². The van der Waals surface area contributed by atoms with Crippen LogP contribution >= 0.6 is 0 Å². The first-order valence-corrected chi connectivity index (χ1v) is 10.3. The number of imide groups is 1. The number of benzene rings is 1. The molecule has 0 radical (unpaired) electrons. The summed E-state index contributed by atoms with van der Waals surface area (Å²) < 4.78 is 0. The van der Waals surface area contributed by atoms with Gasteiger partial charge in [-0.1, -0.05) is 13.8 Å². The maximum Gasteiger partial charge on any atom is 0.325 e. The maximum atomic E-state index is 12.6. The average Bonchev–Trinajstić information content (AvgIpc) is 2.93. The number of piperazine rings is 1. The predicted molar refractivity (Wildman–Crippen MR) is 113 cm³/mol. The number of nitrogens with zero attached hydrogens (tertiary/aromatic N) is 3. The number of aryl methyl sites for hydroxylation is 1. The molecule has 0 atom stereocenters. The van der Waals surface area contributed by atoms with Gasteiger partial charge in [-0.15, -0.1) is 0 Å². The molecule has 2 N–H and O–H groups in total. The summed E-state index contributed by atoms with van der Waals surface area (Å²) in [6.45, 7) is 9.47. The van der Waals surface area contributed by atoms with E-state index in [1.54, 1.807) is 0 Å². The second-order valence-electron chi connectivity index (χ2n) is 7.95. The molecular weight excluding hydrogens is 370 g/mol. The molecule has 2 fully saturated rings. The van der Waals surface area contributed by atoms with Crippen LogP contribution in [0.1, 0.15) is 32.3 Å². The second kappa shape index (κ2) is 8.41. The molecule has 158 valence electrons. The van der Waals surface area contributed by atoms with Crippen LogP contribution in [0.3, 0.4) is 0 Å². The highest BCUT2D eigenvalue weighted by Crippen LogP contribution is 2.26. The predicted octanol–water partition coefficient (Wildman–Crippen LogP) is 1.80. The molecule has 2 aliphatic heterocycles. The van der Waals surface area contributed by atoms with Crippen molar-refractivity contribution in [1.29, 1.82) is 0 Å². The Bertz CT molecular complexity index is 798. The highest BCUT2D eigenvalue weighted by atomic mass is 16.2. The van der Waals surface area contributed by atoms with Crippen LogP contribution in [0.25, 0.3) is 0 Å². The number of urea groups is 1. The molecule has 0 aromatic heterocycles. The Balaban J connectivity index is 1.63. The van der Waals surface area contributed by atoms with E-state index in [4.69, 9.17) is 0 Å². The van der Waals surface area contributed by atoms with Crippen LogP contribution in [-0.2, 0) is 9.59 Å². The number of rotatable bonds is 6. The van der Waals surface area contributed by atoms with Crippen molar-refractivity contribution in [2.45, 2.75) is 39.2 Å². The summed E-state index contributed by atoms with van der Waals surface area (Å²) in [5.41, 5.74) is 2.02. The number of hydrogen-bond donors (Lipinski definition) is 2. The Labute approximate surface area is 172 Å². The van der Waals surface area contributed by atoms with Gasteiger partial charge in [0.1, 0.15) is 12.1 Å². The third-order valence-corrected chi connectivity index (χ3v) is 6.08. The Kier molecular flexibility index (Phi) is 6.12. The molecule has 2 heterocycles. The molecule has 0 aliphatic carbocycles. The van der Waals surface area contributed by atoms with Crippen LogP contribution in [0.4, 0.5) is 16.2 Å². The number of carbonyl (C=O) groups is 3. The van der Waals surface area contributed by atoms with Gasteiger partial charge < -0.3 is 20.4 Å². The van der Waals surface area contributed by atoms with Gasteiger partial charge in [-0.25, -0.2) is 4.79 Å². The molecule has 0 bridgehead atoms. The minimum Gasteiger partial charge on any atom is -0.369 e. The fourth-order valence-corrected chi connectivity index (χ4v) is 4.03. The number of anilines is 2. The minimum absolute atomic E-state index is 0.286. The highest BCUT2D eigenvalue weighted by molar-refractivity contribution is 6.10. The molecule has 0 unspecified atom stereocenters. The number of carbonyl (C=O) groups excluding carboxylic acids is 3. The molecule has 8 nitrogen and oxygen atoms in total. The van der Waals surface area contributed by atoms with E-state index >= 15 is 0 Å². The first-order valence-electron chi connectivity index (χ1n) is 10.3. The Morgan fingerprint density at radius 2 is 1.79 bits per heavy atom. The number of hydrogen-bond acceptors (Lipinski definition) is 5. The largest absolute Gasteiger partial charge is 0.369 e. The zero-order valence-electron chi connectivity index (χ0n) is 17.7. The summed E-state index contributed by atoms with van der Waals surface area (Å²) in [6, 6.07) is 5.31. The lowest BCUT2D eigenvalue weighted by atomic mass is 9.93. The average molecular weight is 402 g/mol. The van der Waals surface area contributed by atoms with Crippen molar-refractivity contribution >= 4 is 29.2 Å². The molecule has 8 heteroatoms. The van der Waals surface area contributed by atoms with Gasteiger partial charge in [-0.2, -0.15) is 0 Å². The van der Waals surface area contributed by atoms with Crippen molar-refractivity contribution in [3.63, 3.8) is 0 Å². The molecule has 1 aromatic rings. The summed E-state index contributed by atoms with van der Waals surface area (Å²) in [5, 5.41) is 5.55. The van der Waals surface area contributed by atoms with Gasteiger partial charge in [0.15, 0.2) is 0 Å². The molecule has 1 aromatic carbocycles. The molecule has 29 heavy (non-hydrogen) atoms. The van der Waals surface area contributed by atoms with Crippen LogP contribution in [0.2, 0.25) is 0 Å². The van der Waals surface area contributed by atoms with E-state index in [9.17, 15) is 14.4 Å². The fraction of sp³-hybridized carbons (Fsp3) is 0.571. The quantitative estimate of drug-likeness (QED) is 0.710. The zero-order chi connectivity index (χ0) is 21.2.